The zero-order chi connectivity index (χ0) is 19.9. The second-order valence-corrected chi connectivity index (χ2v) is 7.01. The molecule has 0 bridgehead atoms. The molecule has 1 heterocycles. The fraction of sp³-hybridized carbons (Fsp3) is 0.409. The third-order valence-corrected chi connectivity index (χ3v) is 5.17. The standard InChI is InChI=1S/C22H29N3O3/c1-17(22(26)23-19-9-5-7-11-21(19)27-3)24(2)16-18-8-4-6-10-20(18)25-12-14-28-15-13-25/h4-11,17H,12-16H2,1-3H3,(H,23,26). The molecule has 0 saturated carbocycles. The first kappa shape index (κ1) is 20.2. The van der Waals surface area contributed by atoms with Crippen LogP contribution < -0.4 is 15.0 Å². The third kappa shape index (κ3) is 4.82. The van der Waals surface area contributed by atoms with Crippen molar-refractivity contribution in [1.29, 1.82) is 0 Å². The Morgan fingerprint density at radius 2 is 1.86 bits per heavy atom. The number of benzene rings is 2. The van der Waals surface area contributed by atoms with Crippen LogP contribution in [-0.4, -0.2) is 57.3 Å². The van der Waals surface area contributed by atoms with Gasteiger partial charge in [0, 0.05) is 25.3 Å². The number of methoxy groups -OCH3 is 1. The molecule has 1 unspecified atom stereocenters. The minimum absolute atomic E-state index is 0.0594. The summed E-state index contributed by atoms with van der Waals surface area (Å²) in [5.74, 6) is 0.596. The maximum atomic E-state index is 12.8. The molecular formula is C22H29N3O3. The average Bonchev–Trinajstić information content (AvgIpc) is 2.74. The van der Waals surface area contributed by atoms with Crippen molar-refractivity contribution in [2.45, 2.75) is 19.5 Å². The molecule has 150 valence electrons. The van der Waals surface area contributed by atoms with Crippen LogP contribution in [0, 0.1) is 0 Å². The summed E-state index contributed by atoms with van der Waals surface area (Å²) in [6.45, 7) is 5.90. The Balaban J connectivity index is 1.67. The van der Waals surface area contributed by atoms with Gasteiger partial charge in [0.2, 0.25) is 5.91 Å². The van der Waals surface area contributed by atoms with Gasteiger partial charge >= 0.3 is 0 Å². The molecule has 1 N–H and O–H groups in total. The summed E-state index contributed by atoms with van der Waals surface area (Å²) < 4.78 is 10.8. The number of anilines is 2. The fourth-order valence-corrected chi connectivity index (χ4v) is 3.35. The Morgan fingerprint density at radius 3 is 2.61 bits per heavy atom. The molecule has 1 aliphatic rings. The van der Waals surface area contributed by atoms with E-state index >= 15 is 0 Å². The van der Waals surface area contributed by atoms with E-state index in [1.807, 2.05) is 44.3 Å². The smallest absolute Gasteiger partial charge is 0.241 e. The second kappa shape index (κ2) is 9.57. The van der Waals surface area contributed by atoms with Gasteiger partial charge in [0.25, 0.3) is 0 Å². The van der Waals surface area contributed by atoms with Crippen molar-refractivity contribution in [1.82, 2.24) is 4.90 Å². The van der Waals surface area contributed by atoms with Crippen LogP contribution in [0.5, 0.6) is 5.75 Å². The fourth-order valence-electron chi connectivity index (χ4n) is 3.35. The number of morpholine rings is 1. The minimum atomic E-state index is -0.289. The van der Waals surface area contributed by atoms with Crippen LogP contribution in [0.3, 0.4) is 0 Å². The number of nitrogens with zero attached hydrogens (tertiary/aromatic N) is 2. The number of para-hydroxylation sites is 3. The van der Waals surface area contributed by atoms with Crippen molar-refractivity contribution in [3.8, 4) is 5.75 Å². The van der Waals surface area contributed by atoms with Gasteiger partial charge in [-0.15, -0.1) is 0 Å². The molecule has 1 saturated heterocycles. The summed E-state index contributed by atoms with van der Waals surface area (Å²) >= 11 is 0. The molecule has 6 heteroatoms. The zero-order valence-electron chi connectivity index (χ0n) is 16.9. The van der Waals surface area contributed by atoms with Crippen molar-refractivity contribution < 1.29 is 14.3 Å². The number of hydrogen-bond donors (Lipinski definition) is 1. The maximum Gasteiger partial charge on any atom is 0.241 e. The predicted molar refractivity (Wildman–Crippen MR) is 112 cm³/mol. The van der Waals surface area contributed by atoms with Gasteiger partial charge in [-0.05, 0) is 37.7 Å². The number of rotatable bonds is 7. The van der Waals surface area contributed by atoms with Crippen LogP contribution in [0.1, 0.15) is 12.5 Å². The third-order valence-electron chi connectivity index (χ3n) is 5.17. The maximum absolute atomic E-state index is 12.8. The van der Waals surface area contributed by atoms with E-state index in [0.717, 1.165) is 26.3 Å². The summed E-state index contributed by atoms with van der Waals surface area (Å²) in [4.78, 5) is 17.2. The Morgan fingerprint density at radius 1 is 1.18 bits per heavy atom. The predicted octanol–water partition coefficient (Wildman–Crippen LogP) is 2.99. The van der Waals surface area contributed by atoms with E-state index in [4.69, 9.17) is 9.47 Å². The monoisotopic (exact) mass is 383 g/mol. The number of nitrogens with one attached hydrogen (secondary N) is 1. The van der Waals surface area contributed by atoms with Crippen LogP contribution in [0.2, 0.25) is 0 Å². The molecule has 1 atom stereocenters. The highest BCUT2D eigenvalue weighted by Crippen LogP contribution is 2.25. The van der Waals surface area contributed by atoms with E-state index in [-0.39, 0.29) is 11.9 Å². The number of carbonyl (C=O) groups excluding carboxylic acids is 1. The topological polar surface area (TPSA) is 54.0 Å². The molecular weight excluding hydrogens is 354 g/mol. The minimum Gasteiger partial charge on any atom is -0.495 e. The van der Waals surface area contributed by atoms with E-state index in [1.54, 1.807) is 7.11 Å². The summed E-state index contributed by atoms with van der Waals surface area (Å²) in [6.07, 6.45) is 0. The highest BCUT2D eigenvalue weighted by molar-refractivity contribution is 5.95. The number of amides is 1. The van der Waals surface area contributed by atoms with Crippen LogP contribution in [0.25, 0.3) is 0 Å². The summed E-state index contributed by atoms with van der Waals surface area (Å²) in [5.41, 5.74) is 3.11. The molecule has 0 aromatic heterocycles. The Hall–Kier alpha value is -2.57. The first-order valence-corrected chi connectivity index (χ1v) is 9.65. The van der Waals surface area contributed by atoms with Crippen molar-refractivity contribution in [3.05, 3.63) is 54.1 Å². The molecule has 28 heavy (non-hydrogen) atoms. The quantitative estimate of drug-likeness (QED) is 0.797. The largest absolute Gasteiger partial charge is 0.495 e. The van der Waals surface area contributed by atoms with Gasteiger partial charge in [0.05, 0.1) is 32.1 Å². The van der Waals surface area contributed by atoms with Crippen molar-refractivity contribution in [3.63, 3.8) is 0 Å². The second-order valence-electron chi connectivity index (χ2n) is 7.01. The van der Waals surface area contributed by atoms with Gasteiger partial charge in [0.1, 0.15) is 5.75 Å². The highest BCUT2D eigenvalue weighted by atomic mass is 16.5. The van der Waals surface area contributed by atoms with E-state index in [9.17, 15) is 4.79 Å². The van der Waals surface area contributed by atoms with Gasteiger partial charge in [-0.25, -0.2) is 0 Å². The molecule has 3 rings (SSSR count). The molecule has 1 aliphatic heterocycles. The number of likely N-dealkylation sites (N-methyl/N-ethyl adjacent to an activating group) is 1. The van der Waals surface area contributed by atoms with Gasteiger partial charge in [-0.2, -0.15) is 0 Å². The van der Waals surface area contributed by atoms with E-state index in [0.29, 0.717) is 18.0 Å². The molecule has 0 spiro atoms. The van der Waals surface area contributed by atoms with Gasteiger partial charge in [0.15, 0.2) is 0 Å². The van der Waals surface area contributed by atoms with Gasteiger partial charge in [-0.1, -0.05) is 30.3 Å². The van der Waals surface area contributed by atoms with E-state index in [1.165, 1.54) is 11.3 Å². The lowest BCUT2D eigenvalue weighted by Crippen LogP contribution is -2.40. The summed E-state index contributed by atoms with van der Waals surface area (Å²) in [7, 11) is 3.58. The lowest BCUT2D eigenvalue weighted by molar-refractivity contribution is -0.120. The van der Waals surface area contributed by atoms with Crippen molar-refractivity contribution in [2.75, 3.05) is 50.7 Å². The molecule has 0 aliphatic carbocycles. The lowest BCUT2D eigenvalue weighted by atomic mass is 10.1. The van der Waals surface area contributed by atoms with Crippen molar-refractivity contribution >= 4 is 17.3 Å². The van der Waals surface area contributed by atoms with Crippen LogP contribution in [-0.2, 0) is 16.1 Å². The highest BCUT2D eigenvalue weighted by Gasteiger charge is 2.21. The Kier molecular flexibility index (Phi) is 6.90. The Bertz CT molecular complexity index is 790. The molecule has 2 aromatic rings. The number of carbonyl (C=O) groups is 1. The molecule has 6 nitrogen and oxygen atoms in total. The normalized spacial score (nSPS) is 15.4. The van der Waals surface area contributed by atoms with Crippen LogP contribution in [0.15, 0.2) is 48.5 Å². The first-order valence-electron chi connectivity index (χ1n) is 9.65. The van der Waals surface area contributed by atoms with E-state index in [2.05, 4.69) is 33.3 Å². The molecule has 1 fully saturated rings. The number of hydrogen-bond acceptors (Lipinski definition) is 5. The van der Waals surface area contributed by atoms with Gasteiger partial charge < -0.3 is 19.7 Å². The first-order chi connectivity index (χ1) is 13.6. The lowest BCUT2D eigenvalue weighted by Gasteiger charge is -2.32. The molecule has 2 aromatic carbocycles. The van der Waals surface area contributed by atoms with Crippen LogP contribution >= 0.6 is 0 Å². The average molecular weight is 383 g/mol. The molecule has 1 amide bonds. The van der Waals surface area contributed by atoms with Crippen LogP contribution in [0.4, 0.5) is 11.4 Å². The van der Waals surface area contributed by atoms with Crippen molar-refractivity contribution in [2.24, 2.45) is 0 Å². The SMILES string of the molecule is COc1ccccc1NC(=O)C(C)N(C)Cc1ccccc1N1CCOCC1. The zero-order valence-corrected chi connectivity index (χ0v) is 16.9. The molecule has 0 radical (unpaired) electrons. The Labute approximate surface area is 167 Å². The summed E-state index contributed by atoms with van der Waals surface area (Å²) in [5, 5.41) is 2.97. The van der Waals surface area contributed by atoms with E-state index < -0.39 is 0 Å². The summed E-state index contributed by atoms with van der Waals surface area (Å²) in [6, 6.07) is 15.5. The van der Waals surface area contributed by atoms with Gasteiger partial charge in [-0.3, -0.25) is 9.69 Å². The number of ether oxygens (including phenoxy) is 2.